The zero-order chi connectivity index (χ0) is 22.2. The molecule has 1 aromatic heterocycles. The van der Waals surface area contributed by atoms with E-state index in [1.807, 2.05) is 19.9 Å². The van der Waals surface area contributed by atoms with Gasteiger partial charge in [0.15, 0.2) is 9.84 Å². The zero-order valence-electron chi connectivity index (χ0n) is 17.1. The minimum Gasteiger partial charge on any atom is -0.488 e. The molecule has 30 heavy (non-hydrogen) atoms. The summed E-state index contributed by atoms with van der Waals surface area (Å²) in [5.74, 6) is -0.767. The van der Waals surface area contributed by atoms with Gasteiger partial charge in [-0.3, -0.25) is 4.79 Å². The molecule has 2 atom stereocenters. The highest BCUT2D eigenvalue weighted by atomic mass is 32.2. The molecule has 1 amide bonds. The Morgan fingerprint density at radius 1 is 1.33 bits per heavy atom. The van der Waals surface area contributed by atoms with Gasteiger partial charge in [-0.25, -0.2) is 13.2 Å². The molecule has 1 fully saturated rings. The van der Waals surface area contributed by atoms with Crippen LogP contribution in [0.4, 0.5) is 0 Å². The second kappa shape index (κ2) is 8.23. The van der Waals surface area contributed by atoms with Crippen LogP contribution < -0.4 is 15.7 Å². The van der Waals surface area contributed by atoms with Crippen molar-refractivity contribution in [2.24, 2.45) is 0 Å². The van der Waals surface area contributed by atoms with E-state index in [1.54, 1.807) is 13.0 Å². The number of amides is 1. The van der Waals surface area contributed by atoms with Crippen molar-refractivity contribution in [1.29, 1.82) is 0 Å². The molecular formula is C21H25NO7S. The van der Waals surface area contributed by atoms with E-state index in [0.29, 0.717) is 28.9 Å². The van der Waals surface area contributed by atoms with Gasteiger partial charge in [-0.15, -0.1) is 0 Å². The Labute approximate surface area is 174 Å². The van der Waals surface area contributed by atoms with Gasteiger partial charge in [0, 0.05) is 0 Å². The number of benzene rings is 1. The number of carbonyl (C=O) groups excluding carboxylic acids is 1. The highest BCUT2D eigenvalue weighted by Gasteiger charge is 2.37. The van der Waals surface area contributed by atoms with Crippen molar-refractivity contribution in [2.75, 3.05) is 18.1 Å². The van der Waals surface area contributed by atoms with Crippen LogP contribution >= 0.6 is 0 Å². The molecule has 0 radical (unpaired) electrons. The van der Waals surface area contributed by atoms with Crippen LogP contribution in [0, 0.1) is 13.8 Å². The fraction of sp³-hybridized carbons (Fsp3) is 0.429. The van der Waals surface area contributed by atoms with Crippen LogP contribution in [-0.4, -0.2) is 49.7 Å². The first-order valence-electron chi connectivity index (χ1n) is 9.49. The Morgan fingerprint density at radius 3 is 2.63 bits per heavy atom. The van der Waals surface area contributed by atoms with Crippen molar-refractivity contribution >= 4 is 26.7 Å². The quantitative estimate of drug-likeness (QED) is 0.516. The van der Waals surface area contributed by atoms with E-state index in [9.17, 15) is 23.1 Å². The van der Waals surface area contributed by atoms with E-state index >= 15 is 0 Å². The van der Waals surface area contributed by atoms with Crippen molar-refractivity contribution in [3.05, 3.63) is 51.4 Å². The maximum Gasteiger partial charge on any atom is 0.340 e. The number of carbonyl (C=O) groups is 1. The number of rotatable bonds is 6. The van der Waals surface area contributed by atoms with Crippen molar-refractivity contribution in [1.82, 2.24) is 5.32 Å². The fourth-order valence-corrected chi connectivity index (χ4v) is 5.28. The summed E-state index contributed by atoms with van der Waals surface area (Å²) in [4.78, 5) is 25.0. The Bertz CT molecular complexity index is 1180. The summed E-state index contributed by atoms with van der Waals surface area (Å²) in [6.07, 6.45) is -1.47. The molecule has 1 aliphatic rings. The number of aliphatic hydroxyl groups excluding tert-OH is 1. The van der Waals surface area contributed by atoms with Crippen LogP contribution in [0.25, 0.3) is 11.0 Å². The molecule has 0 saturated carbocycles. The molecule has 1 aromatic carbocycles. The Hall–Kier alpha value is -2.65. The number of aryl methyl sites for hydroxylation is 2. The molecule has 1 saturated heterocycles. The number of nitrogens with one attached hydrogen (secondary N) is 1. The van der Waals surface area contributed by atoms with Gasteiger partial charge < -0.3 is 19.6 Å². The Morgan fingerprint density at radius 2 is 2.03 bits per heavy atom. The fourth-order valence-electron chi connectivity index (χ4n) is 3.54. The topological polar surface area (TPSA) is 123 Å². The zero-order valence-corrected chi connectivity index (χ0v) is 18.0. The summed E-state index contributed by atoms with van der Waals surface area (Å²) in [6.45, 7) is 9.50. The summed E-state index contributed by atoms with van der Waals surface area (Å²) in [5.41, 5.74) is 2.09. The van der Waals surface area contributed by atoms with Crippen LogP contribution in [0.2, 0.25) is 0 Å². The molecule has 0 spiro atoms. The molecule has 162 valence electrons. The molecule has 2 heterocycles. The van der Waals surface area contributed by atoms with Gasteiger partial charge in [0.2, 0.25) is 5.91 Å². The second-order valence-corrected chi connectivity index (χ2v) is 10.0. The molecule has 2 N–H and O–H groups in total. The molecule has 9 heteroatoms. The molecule has 1 aliphatic heterocycles. The highest BCUT2D eigenvalue weighted by molar-refractivity contribution is 7.91. The minimum atomic E-state index is -3.40. The lowest BCUT2D eigenvalue weighted by atomic mass is 10.0. The van der Waals surface area contributed by atoms with Crippen molar-refractivity contribution in [2.45, 2.75) is 39.3 Å². The monoisotopic (exact) mass is 435 g/mol. The number of fused-ring (bicyclic) bond motifs is 1. The maximum atomic E-state index is 12.5. The normalized spacial score (nSPS) is 20.3. The first-order chi connectivity index (χ1) is 14.0. The van der Waals surface area contributed by atoms with Crippen molar-refractivity contribution in [3.63, 3.8) is 0 Å². The van der Waals surface area contributed by atoms with E-state index in [-0.39, 0.29) is 17.7 Å². The number of sulfone groups is 1. The van der Waals surface area contributed by atoms with E-state index in [2.05, 4.69) is 11.9 Å². The minimum absolute atomic E-state index is 0.152. The second-order valence-electron chi connectivity index (χ2n) is 7.87. The molecular weight excluding hydrogens is 410 g/mol. The first kappa shape index (κ1) is 22.0. The third kappa shape index (κ3) is 4.73. The molecule has 0 aliphatic carbocycles. The van der Waals surface area contributed by atoms with Crippen LogP contribution in [0.1, 0.15) is 23.6 Å². The van der Waals surface area contributed by atoms with E-state index in [1.165, 1.54) is 0 Å². The smallest absolute Gasteiger partial charge is 0.340 e. The van der Waals surface area contributed by atoms with Gasteiger partial charge >= 0.3 is 5.63 Å². The summed E-state index contributed by atoms with van der Waals surface area (Å²) < 4.78 is 34.5. The predicted octanol–water partition coefficient (Wildman–Crippen LogP) is 1.18. The first-order valence-corrected chi connectivity index (χ1v) is 11.3. The van der Waals surface area contributed by atoms with Gasteiger partial charge in [-0.2, -0.15) is 0 Å². The highest BCUT2D eigenvalue weighted by Crippen LogP contribution is 2.31. The molecule has 0 bridgehead atoms. The number of aliphatic hydroxyl groups is 1. The lowest BCUT2D eigenvalue weighted by Crippen LogP contribution is -2.43. The van der Waals surface area contributed by atoms with Gasteiger partial charge in [-0.1, -0.05) is 6.58 Å². The van der Waals surface area contributed by atoms with Gasteiger partial charge in [0.25, 0.3) is 0 Å². The van der Waals surface area contributed by atoms with Gasteiger partial charge in [-0.05, 0) is 49.6 Å². The Kier molecular flexibility index (Phi) is 6.05. The third-order valence-electron chi connectivity index (χ3n) is 4.97. The number of ether oxygens (including phenoxy) is 1. The average Bonchev–Trinajstić information content (AvgIpc) is 2.87. The molecule has 0 unspecified atom stereocenters. The summed E-state index contributed by atoms with van der Waals surface area (Å²) >= 11 is 0. The van der Waals surface area contributed by atoms with Crippen LogP contribution in [-0.2, 0) is 21.1 Å². The van der Waals surface area contributed by atoms with E-state index in [4.69, 9.17) is 9.15 Å². The van der Waals surface area contributed by atoms with Gasteiger partial charge in [0.1, 0.15) is 17.9 Å². The summed E-state index contributed by atoms with van der Waals surface area (Å²) in [6, 6.07) is 2.65. The van der Waals surface area contributed by atoms with E-state index < -0.39 is 39.3 Å². The Balaban J connectivity index is 1.93. The average molecular weight is 435 g/mol. The number of hydrogen-bond acceptors (Lipinski definition) is 7. The van der Waals surface area contributed by atoms with E-state index in [0.717, 1.165) is 11.1 Å². The summed E-state index contributed by atoms with van der Waals surface area (Å²) in [7, 11) is -3.40. The standard InChI is InChI=1S/C21H25NO7S/c1-11(2)8-28-17-5-12(3)6-18-20(17)13(4)14(21(25)29-18)7-19(24)22-15-9-30(26,27)10-16(15)23/h5-6,15-16,23H,1,7-10H2,2-4H3,(H,22,24)/t15-,16+/m1/s1. The molecule has 2 aromatic rings. The third-order valence-corrected chi connectivity index (χ3v) is 6.68. The largest absolute Gasteiger partial charge is 0.488 e. The maximum absolute atomic E-state index is 12.5. The van der Waals surface area contributed by atoms with Crippen LogP contribution in [0.5, 0.6) is 5.75 Å². The van der Waals surface area contributed by atoms with Crippen LogP contribution in [0.15, 0.2) is 33.5 Å². The van der Waals surface area contributed by atoms with Crippen molar-refractivity contribution in [3.8, 4) is 5.75 Å². The van der Waals surface area contributed by atoms with Crippen LogP contribution in [0.3, 0.4) is 0 Å². The summed E-state index contributed by atoms with van der Waals surface area (Å²) in [5, 5.41) is 13.0. The molecule has 8 nitrogen and oxygen atoms in total. The lowest BCUT2D eigenvalue weighted by molar-refractivity contribution is -0.121. The van der Waals surface area contributed by atoms with Crippen molar-refractivity contribution < 1.29 is 27.5 Å². The predicted molar refractivity (Wildman–Crippen MR) is 113 cm³/mol. The SMILES string of the molecule is C=C(C)COc1cc(C)cc2oc(=O)c(CC(=O)N[C@@H]3CS(=O)(=O)C[C@@H]3O)c(C)c12. The van der Waals surface area contributed by atoms with Gasteiger partial charge in [0.05, 0.1) is 41.0 Å². The molecule has 3 rings (SSSR count). The number of hydrogen-bond donors (Lipinski definition) is 2. The lowest BCUT2D eigenvalue weighted by Gasteiger charge is -2.16.